The maximum Gasteiger partial charge on any atom is 0.294 e. The maximum absolute atomic E-state index is 12.5. The fourth-order valence-corrected chi connectivity index (χ4v) is 3.12. The summed E-state index contributed by atoms with van der Waals surface area (Å²) in [5.41, 5.74) is 1.37. The van der Waals surface area contributed by atoms with E-state index in [1.54, 1.807) is 24.3 Å². The van der Waals surface area contributed by atoms with Crippen molar-refractivity contribution in [2.24, 2.45) is 0 Å². The molecule has 7 nitrogen and oxygen atoms in total. The number of nitrogens with zero attached hydrogens (tertiary/aromatic N) is 1. The summed E-state index contributed by atoms with van der Waals surface area (Å²) in [5.74, 6) is 0.0819. The van der Waals surface area contributed by atoms with E-state index in [2.05, 4.69) is 10.6 Å². The Morgan fingerprint density at radius 1 is 1.06 bits per heavy atom. The quantitative estimate of drug-likeness (QED) is 0.296. The van der Waals surface area contributed by atoms with Crippen molar-refractivity contribution in [3.8, 4) is 5.75 Å². The summed E-state index contributed by atoms with van der Waals surface area (Å²) in [6.07, 6.45) is 0.741. The van der Waals surface area contributed by atoms with Crippen molar-refractivity contribution in [2.75, 3.05) is 11.9 Å². The van der Waals surface area contributed by atoms with Crippen LogP contribution in [0, 0.1) is 10.1 Å². The van der Waals surface area contributed by atoms with Crippen molar-refractivity contribution < 1.29 is 14.5 Å². The number of hydrogen-bond donors (Lipinski definition) is 2. The van der Waals surface area contributed by atoms with Gasteiger partial charge in [-0.2, -0.15) is 0 Å². The minimum atomic E-state index is -0.588. The van der Waals surface area contributed by atoms with Crippen LogP contribution in [0.1, 0.15) is 15.9 Å². The number of rotatable bonds is 7. The molecule has 0 heterocycles. The van der Waals surface area contributed by atoms with Gasteiger partial charge in [-0.15, -0.1) is 0 Å². The summed E-state index contributed by atoms with van der Waals surface area (Å²) in [6, 6.07) is 20.7. The summed E-state index contributed by atoms with van der Waals surface area (Å²) in [6.45, 7) is 0.468. The van der Waals surface area contributed by atoms with Crippen molar-refractivity contribution in [2.45, 2.75) is 6.42 Å². The number of nitrogens with one attached hydrogen (secondary N) is 2. The highest BCUT2D eigenvalue weighted by Crippen LogP contribution is 2.27. The molecule has 0 radical (unpaired) electrons. The van der Waals surface area contributed by atoms with Crippen LogP contribution in [0.4, 0.5) is 11.4 Å². The molecule has 1 amide bonds. The Labute approximate surface area is 189 Å². The van der Waals surface area contributed by atoms with Crippen LogP contribution in [0.15, 0.2) is 72.8 Å². The minimum absolute atomic E-state index is 0.0779. The normalized spacial score (nSPS) is 10.2. The molecule has 3 aromatic rings. The van der Waals surface area contributed by atoms with Crippen LogP contribution in [0.25, 0.3) is 0 Å². The topological polar surface area (TPSA) is 93.5 Å². The van der Waals surface area contributed by atoms with Gasteiger partial charge in [-0.05, 0) is 48.1 Å². The number of thiocarbonyl (C=S) groups is 1. The van der Waals surface area contributed by atoms with Gasteiger partial charge in [-0.3, -0.25) is 20.2 Å². The molecule has 0 unspecified atom stereocenters. The molecular weight excluding hydrogens is 438 g/mol. The number of carbonyl (C=O) groups is 1. The largest absolute Gasteiger partial charge is 0.493 e. The standard InChI is InChI=1S/C22H18ClN3O4S/c23-17-9-10-19(20(14-17)26(28)29)24-22(31)25-21(27)16-7-4-8-18(13-16)30-12-11-15-5-2-1-3-6-15/h1-10,13-14H,11-12H2,(H2,24,25,27,31). The minimum Gasteiger partial charge on any atom is -0.493 e. The molecule has 0 spiro atoms. The summed E-state index contributed by atoms with van der Waals surface area (Å²) < 4.78 is 5.74. The fraction of sp³-hybridized carbons (Fsp3) is 0.0909. The first-order chi connectivity index (χ1) is 14.9. The van der Waals surface area contributed by atoms with Gasteiger partial charge in [-0.1, -0.05) is 48.0 Å². The van der Waals surface area contributed by atoms with Gasteiger partial charge >= 0.3 is 0 Å². The molecule has 2 N–H and O–H groups in total. The van der Waals surface area contributed by atoms with E-state index in [4.69, 9.17) is 28.6 Å². The molecule has 158 valence electrons. The molecule has 31 heavy (non-hydrogen) atoms. The molecule has 3 rings (SSSR count). The van der Waals surface area contributed by atoms with Crippen LogP contribution in [-0.2, 0) is 6.42 Å². The van der Waals surface area contributed by atoms with E-state index < -0.39 is 10.8 Å². The number of nitro benzene ring substituents is 1. The first-order valence-corrected chi connectivity index (χ1v) is 10.0. The lowest BCUT2D eigenvalue weighted by molar-refractivity contribution is -0.383. The number of ether oxygens (including phenoxy) is 1. The van der Waals surface area contributed by atoms with E-state index in [0.717, 1.165) is 12.0 Å². The summed E-state index contributed by atoms with van der Waals surface area (Å²) in [5, 5.41) is 16.5. The molecule has 0 aliphatic carbocycles. The van der Waals surface area contributed by atoms with Crippen LogP contribution >= 0.6 is 23.8 Å². The van der Waals surface area contributed by atoms with Crippen LogP contribution < -0.4 is 15.4 Å². The van der Waals surface area contributed by atoms with Gasteiger partial charge in [0, 0.05) is 23.1 Å². The van der Waals surface area contributed by atoms with Crippen LogP contribution in [0.3, 0.4) is 0 Å². The highest BCUT2D eigenvalue weighted by Gasteiger charge is 2.16. The van der Waals surface area contributed by atoms with E-state index in [9.17, 15) is 14.9 Å². The third kappa shape index (κ3) is 6.50. The molecule has 0 aromatic heterocycles. The predicted molar refractivity (Wildman–Crippen MR) is 124 cm³/mol. The molecule has 0 bridgehead atoms. The Bertz CT molecular complexity index is 1110. The van der Waals surface area contributed by atoms with Crippen molar-refractivity contribution in [3.05, 3.63) is 99.1 Å². The van der Waals surface area contributed by atoms with E-state index in [0.29, 0.717) is 17.9 Å². The highest BCUT2D eigenvalue weighted by molar-refractivity contribution is 7.80. The average Bonchev–Trinajstić information content (AvgIpc) is 2.76. The molecule has 0 fully saturated rings. The highest BCUT2D eigenvalue weighted by atomic mass is 35.5. The molecule has 0 saturated heterocycles. The lowest BCUT2D eigenvalue weighted by atomic mass is 10.2. The maximum atomic E-state index is 12.5. The third-order valence-corrected chi connectivity index (χ3v) is 4.67. The van der Waals surface area contributed by atoms with Crippen molar-refractivity contribution in [1.29, 1.82) is 0 Å². The number of anilines is 1. The summed E-state index contributed by atoms with van der Waals surface area (Å²) in [7, 11) is 0. The Kier molecular flexibility index (Phi) is 7.53. The Morgan fingerprint density at radius 2 is 1.84 bits per heavy atom. The fourth-order valence-electron chi connectivity index (χ4n) is 2.75. The number of amides is 1. The van der Waals surface area contributed by atoms with E-state index >= 15 is 0 Å². The Hall–Kier alpha value is -3.49. The van der Waals surface area contributed by atoms with Gasteiger partial charge in [-0.25, -0.2) is 0 Å². The van der Waals surface area contributed by atoms with Gasteiger partial charge in [0.2, 0.25) is 0 Å². The average molecular weight is 456 g/mol. The molecule has 3 aromatic carbocycles. The van der Waals surface area contributed by atoms with Crippen molar-refractivity contribution in [1.82, 2.24) is 5.32 Å². The zero-order valence-corrected chi connectivity index (χ0v) is 17.8. The van der Waals surface area contributed by atoms with Crippen molar-refractivity contribution in [3.63, 3.8) is 0 Å². The van der Waals surface area contributed by atoms with Crippen LogP contribution in [0.2, 0.25) is 5.02 Å². The predicted octanol–water partition coefficient (Wildman–Crippen LogP) is 5.00. The Balaban J connectivity index is 1.58. The van der Waals surface area contributed by atoms with E-state index in [-0.39, 0.29) is 21.5 Å². The first-order valence-electron chi connectivity index (χ1n) is 9.25. The van der Waals surface area contributed by atoms with Crippen molar-refractivity contribution >= 4 is 46.2 Å². The number of hydrogen-bond acceptors (Lipinski definition) is 5. The number of benzene rings is 3. The third-order valence-electron chi connectivity index (χ3n) is 4.23. The van der Waals surface area contributed by atoms with Crippen LogP contribution in [0.5, 0.6) is 5.75 Å². The zero-order chi connectivity index (χ0) is 22.2. The first kappa shape index (κ1) is 22.2. The lowest BCUT2D eigenvalue weighted by Crippen LogP contribution is -2.34. The number of halogens is 1. The second-order valence-corrected chi connectivity index (χ2v) is 7.28. The summed E-state index contributed by atoms with van der Waals surface area (Å²) in [4.78, 5) is 23.1. The molecule has 0 saturated carbocycles. The second-order valence-electron chi connectivity index (χ2n) is 6.44. The van der Waals surface area contributed by atoms with Crippen LogP contribution in [-0.4, -0.2) is 22.5 Å². The van der Waals surface area contributed by atoms with Gasteiger partial charge in [0.05, 0.1) is 11.5 Å². The molecule has 0 aliphatic rings. The molecule has 0 aliphatic heterocycles. The van der Waals surface area contributed by atoms with Gasteiger partial charge < -0.3 is 10.1 Å². The monoisotopic (exact) mass is 455 g/mol. The second kappa shape index (κ2) is 10.5. The molecule has 9 heteroatoms. The van der Waals surface area contributed by atoms with E-state index in [1.807, 2.05) is 30.3 Å². The lowest BCUT2D eigenvalue weighted by Gasteiger charge is -2.11. The summed E-state index contributed by atoms with van der Waals surface area (Å²) >= 11 is 10.9. The molecular formula is C22H18ClN3O4S. The molecule has 0 atom stereocenters. The van der Waals surface area contributed by atoms with Gasteiger partial charge in [0.1, 0.15) is 11.4 Å². The Morgan fingerprint density at radius 3 is 2.58 bits per heavy atom. The number of nitro groups is 1. The smallest absolute Gasteiger partial charge is 0.294 e. The van der Waals surface area contributed by atoms with E-state index in [1.165, 1.54) is 18.2 Å². The van der Waals surface area contributed by atoms with Gasteiger partial charge in [0.15, 0.2) is 5.11 Å². The number of carbonyl (C=O) groups excluding carboxylic acids is 1. The SMILES string of the molecule is O=C(NC(=S)Nc1ccc(Cl)cc1[N+](=O)[O-])c1cccc(OCCc2ccccc2)c1. The zero-order valence-electron chi connectivity index (χ0n) is 16.2. The van der Waals surface area contributed by atoms with Gasteiger partial charge in [0.25, 0.3) is 11.6 Å².